The van der Waals surface area contributed by atoms with E-state index in [1.165, 1.54) is 0 Å². The SMILES string of the molecule is O=NOCC(COCCC(=O)NCC(=O)O)ON=O. The first-order valence-electron chi connectivity index (χ1n) is 5.09. The highest BCUT2D eigenvalue weighted by Crippen LogP contribution is 1.97. The highest BCUT2D eigenvalue weighted by Gasteiger charge is 2.13. The van der Waals surface area contributed by atoms with Crippen LogP contribution in [0.3, 0.4) is 0 Å². The number of aliphatic carboxylic acids is 1. The average Bonchev–Trinajstić information content (AvgIpc) is 2.38. The van der Waals surface area contributed by atoms with Crippen molar-refractivity contribution in [3.8, 4) is 0 Å². The summed E-state index contributed by atoms with van der Waals surface area (Å²) < 4.78 is 4.97. The number of carboxylic acid groups (broad SMARTS) is 1. The maximum atomic E-state index is 11.1. The third kappa shape index (κ3) is 10.6. The second-order valence-electron chi connectivity index (χ2n) is 3.17. The Labute approximate surface area is 107 Å². The number of nitrogens with one attached hydrogen (secondary N) is 1. The first kappa shape index (κ1) is 16.7. The molecule has 1 amide bonds. The Kier molecular flexibility index (Phi) is 9.52. The van der Waals surface area contributed by atoms with Crippen LogP contribution in [0, 0.1) is 9.81 Å². The maximum Gasteiger partial charge on any atom is 0.322 e. The highest BCUT2D eigenvalue weighted by atomic mass is 16.8. The molecule has 0 aliphatic carbocycles. The van der Waals surface area contributed by atoms with Gasteiger partial charge < -0.3 is 24.8 Å². The van der Waals surface area contributed by atoms with E-state index < -0.39 is 24.5 Å². The molecule has 108 valence electrons. The number of nitrogens with zero attached hydrogens (tertiary/aromatic N) is 2. The van der Waals surface area contributed by atoms with Gasteiger partial charge in [-0.3, -0.25) is 9.59 Å². The summed E-state index contributed by atoms with van der Waals surface area (Å²) in [6.07, 6.45) is -0.987. The van der Waals surface area contributed by atoms with Crippen LogP contribution in [0.15, 0.2) is 10.7 Å². The second kappa shape index (κ2) is 10.8. The molecule has 0 fully saturated rings. The van der Waals surface area contributed by atoms with Gasteiger partial charge in [0, 0.05) is 6.42 Å². The fraction of sp³-hybridized carbons (Fsp3) is 0.750. The van der Waals surface area contributed by atoms with E-state index >= 15 is 0 Å². The third-order valence-corrected chi connectivity index (χ3v) is 1.72. The van der Waals surface area contributed by atoms with Gasteiger partial charge in [0.05, 0.1) is 13.2 Å². The second-order valence-corrected chi connectivity index (χ2v) is 3.17. The standard InChI is InChI=1S/C8H13N3O8/c12-7(9-3-8(13)14)1-2-17-4-6(19-11-16)5-18-10-15/h6H,1-5H2,(H,9,12)(H,13,14). The molecule has 0 aromatic rings. The first-order valence-corrected chi connectivity index (χ1v) is 5.09. The Morgan fingerprint density at radius 2 is 1.95 bits per heavy atom. The Hall–Kier alpha value is -2.30. The van der Waals surface area contributed by atoms with E-state index in [1.807, 2.05) is 0 Å². The highest BCUT2D eigenvalue weighted by molar-refractivity contribution is 5.81. The van der Waals surface area contributed by atoms with Crippen LogP contribution >= 0.6 is 0 Å². The Morgan fingerprint density at radius 1 is 1.21 bits per heavy atom. The van der Waals surface area contributed by atoms with Crippen LogP contribution in [0.1, 0.15) is 6.42 Å². The van der Waals surface area contributed by atoms with Crippen molar-refractivity contribution in [3.05, 3.63) is 9.81 Å². The van der Waals surface area contributed by atoms with E-state index in [1.54, 1.807) is 0 Å². The van der Waals surface area contributed by atoms with Gasteiger partial charge in [-0.1, -0.05) is 0 Å². The minimum absolute atomic E-state index is 0.0291. The number of rotatable bonds is 12. The summed E-state index contributed by atoms with van der Waals surface area (Å²) in [5.74, 6) is -1.66. The van der Waals surface area contributed by atoms with Gasteiger partial charge in [-0.05, 0) is 0 Å². The van der Waals surface area contributed by atoms with Crippen molar-refractivity contribution in [2.75, 3.05) is 26.4 Å². The number of ether oxygens (including phenoxy) is 1. The van der Waals surface area contributed by atoms with E-state index in [0.29, 0.717) is 0 Å². The fourth-order valence-corrected chi connectivity index (χ4v) is 0.926. The van der Waals surface area contributed by atoms with E-state index in [-0.39, 0.29) is 26.2 Å². The molecule has 0 aliphatic heterocycles. The van der Waals surface area contributed by atoms with Crippen LogP contribution in [0.25, 0.3) is 0 Å². The minimum Gasteiger partial charge on any atom is -0.480 e. The molecule has 11 heteroatoms. The molecule has 0 aromatic carbocycles. The van der Waals surface area contributed by atoms with Crippen molar-refractivity contribution in [2.24, 2.45) is 10.7 Å². The van der Waals surface area contributed by atoms with E-state index in [9.17, 15) is 19.4 Å². The summed E-state index contributed by atoms with van der Waals surface area (Å²) in [6.45, 7) is -0.967. The minimum atomic E-state index is -1.15. The van der Waals surface area contributed by atoms with Crippen LogP contribution < -0.4 is 5.32 Å². The molecule has 0 spiro atoms. The van der Waals surface area contributed by atoms with Crippen molar-refractivity contribution < 1.29 is 29.1 Å². The molecule has 11 nitrogen and oxygen atoms in total. The lowest BCUT2D eigenvalue weighted by molar-refractivity contribution is -0.138. The summed E-state index contributed by atoms with van der Waals surface area (Å²) in [7, 11) is 0. The normalized spacial score (nSPS) is 11.2. The maximum absolute atomic E-state index is 11.1. The van der Waals surface area contributed by atoms with Crippen molar-refractivity contribution in [3.63, 3.8) is 0 Å². The number of carbonyl (C=O) groups is 2. The van der Waals surface area contributed by atoms with Crippen molar-refractivity contribution in [1.82, 2.24) is 5.32 Å². The monoisotopic (exact) mass is 279 g/mol. The van der Waals surface area contributed by atoms with E-state index in [4.69, 9.17) is 9.84 Å². The van der Waals surface area contributed by atoms with Gasteiger partial charge >= 0.3 is 5.97 Å². The molecule has 0 heterocycles. The number of hydrogen-bond acceptors (Lipinski definition) is 9. The van der Waals surface area contributed by atoms with Crippen LogP contribution in [0.4, 0.5) is 0 Å². The first-order chi connectivity index (χ1) is 9.10. The Morgan fingerprint density at radius 3 is 2.53 bits per heavy atom. The molecule has 0 bridgehead atoms. The molecule has 2 N–H and O–H groups in total. The van der Waals surface area contributed by atoms with E-state index in [2.05, 4.69) is 25.7 Å². The lowest BCUT2D eigenvalue weighted by Crippen LogP contribution is -2.30. The zero-order chi connectivity index (χ0) is 14.5. The largest absolute Gasteiger partial charge is 0.480 e. The number of carbonyl (C=O) groups excluding carboxylic acids is 1. The lowest BCUT2D eigenvalue weighted by atomic mass is 10.4. The van der Waals surface area contributed by atoms with Crippen LogP contribution in [-0.2, 0) is 24.0 Å². The number of hydrogen-bond donors (Lipinski definition) is 2. The average molecular weight is 279 g/mol. The summed E-state index contributed by atoms with van der Waals surface area (Å²) in [6, 6.07) is 0. The van der Waals surface area contributed by atoms with Gasteiger partial charge in [0.1, 0.15) is 6.54 Å². The van der Waals surface area contributed by atoms with E-state index in [0.717, 1.165) is 0 Å². The van der Waals surface area contributed by atoms with Gasteiger partial charge in [0.15, 0.2) is 23.4 Å². The summed E-state index contributed by atoms with van der Waals surface area (Å²) in [4.78, 5) is 49.1. The lowest BCUT2D eigenvalue weighted by Gasteiger charge is -2.11. The molecular weight excluding hydrogens is 266 g/mol. The van der Waals surface area contributed by atoms with Crippen LogP contribution in [0.5, 0.6) is 0 Å². The molecule has 0 saturated heterocycles. The summed E-state index contributed by atoms with van der Waals surface area (Å²) in [5, 5.41) is 14.7. The zero-order valence-electron chi connectivity index (χ0n) is 9.81. The predicted molar refractivity (Wildman–Crippen MR) is 58.5 cm³/mol. The third-order valence-electron chi connectivity index (χ3n) is 1.72. The van der Waals surface area contributed by atoms with Gasteiger partial charge in [0.2, 0.25) is 5.91 Å². The van der Waals surface area contributed by atoms with Gasteiger partial charge in [0.25, 0.3) is 0 Å². The van der Waals surface area contributed by atoms with Gasteiger partial charge in [-0.2, -0.15) is 0 Å². The molecule has 0 rings (SSSR count). The van der Waals surface area contributed by atoms with Gasteiger partial charge in [-0.25, -0.2) is 0 Å². The van der Waals surface area contributed by atoms with Crippen LogP contribution in [-0.4, -0.2) is 49.5 Å². The molecule has 0 aliphatic rings. The quantitative estimate of drug-likeness (QED) is 0.271. The number of amides is 1. The molecule has 19 heavy (non-hydrogen) atoms. The van der Waals surface area contributed by atoms with Crippen LogP contribution in [0.2, 0.25) is 0 Å². The molecule has 1 unspecified atom stereocenters. The van der Waals surface area contributed by atoms with Crippen molar-refractivity contribution in [1.29, 1.82) is 0 Å². The summed E-state index contributed by atoms with van der Waals surface area (Å²) >= 11 is 0. The smallest absolute Gasteiger partial charge is 0.322 e. The molecule has 0 saturated carbocycles. The molecule has 1 atom stereocenters. The zero-order valence-corrected chi connectivity index (χ0v) is 9.81. The predicted octanol–water partition coefficient (Wildman–Crippen LogP) is -0.641. The topological polar surface area (TPSA) is 153 Å². The summed E-state index contributed by atoms with van der Waals surface area (Å²) in [5.41, 5.74) is 0. The number of carboxylic acids is 1. The van der Waals surface area contributed by atoms with Gasteiger partial charge in [-0.15, -0.1) is 9.81 Å². The van der Waals surface area contributed by atoms with Crippen molar-refractivity contribution in [2.45, 2.75) is 12.5 Å². The fourth-order valence-electron chi connectivity index (χ4n) is 0.926. The Balaban J connectivity index is 3.68. The molecule has 0 radical (unpaired) electrons. The molecular formula is C8H13N3O8. The van der Waals surface area contributed by atoms with Crippen molar-refractivity contribution >= 4 is 11.9 Å². The molecule has 0 aromatic heterocycles. The Bertz CT molecular complexity index is 310.